The maximum absolute atomic E-state index is 13.3. The van der Waals surface area contributed by atoms with Gasteiger partial charge in [-0.15, -0.1) is 0 Å². The van der Waals surface area contributed by atoms with Gasteiger partial charge in [0.1, 0.15) is 11.7 Å². The minimum absolute atomic E-state index is 0.0230. The number of amides is 1. The zero-order valence-corrected chi connectivity index (χ0v) is 19.8. The number of rotatable bonds is 9. The Bertz CT molecular complexity index is 1060. The summed E-state index contributed by atoms with van der Waals surface area (Å²) in [6.45, 7) is 7.37. The van der Waals surface area contributed by atoms with Crippen molar-refractivity contribution < 1.29 is 28.2 Å². The van der Waals surface area contributed by atoms with Crippen molar-refractivity contribution in [1.29, 1.82) is 0 Å². The van der Waals surface area contributed by atoms with E-state index in [-0.39, 0.29) is 25.2 Å². The van der Waals surface area contributed by atoms with Crippen LogP contribution in [-0.2, 0) is 14.2 Å². The third kappa shape index (κ3) is 6.05. The second-order valence-electron chi connectivity index (χ2n) is 8.09. The number of alkyl halides is 1. The standard InChI is InChI=1S/C24H32FN3O6/c1-4-20(26-24(31)34-11-8-16(3)25)17-6-7-21-18(14-17)22(29)19(23(30)33-5-2)15-28(21)27-9-12-32-13-10-27/h6-7,14-16,20H,4-5,8-13H2,1-3H3,(H,26,31). The minimum atomic E-state index is -1.06. The molecule has 0 saturated carbocycles. The number of alkyl carbamates (subject to hydrolysis) is 1. The van der Waals surface area contributed by atoms with Crippen LogP contribution in [0.5, 0.6) is 0 Å². The fourth-order valence-corrected chi connectivity index (χ4v) is 3.82. The molecule has 0 aliphatic carbocycles. The number of esters is 1. The van der Waals surface area contributed by atoms with E-state index >= 15 is 0 Å². The molecule has 10 heteroatoms. The quantitative estimate of drug-likeness (QED) is 0.554. The number of benzene rings is 1. The van der Waals surface area contributed by atoms with E-state index in [2.05, 4.69) is 5.32 Å². The van der Waals surface area contributed by atoms with Gasteiger partial charge in [-0.25, -0.2) is 14.0 Å². The Morgan fingerprint density at radius 3 is 2.59 bits per heavy atom. The number of aromatic nitrogens is 1. The summed E-state index contributed by atoms with van der Waals surface area (Å²) in [6.07, 6.45) is 0.468. The molecule has 1 saturated heterocycles. The number of halogens is 1. The number of fused-ring (bicyclic) bond motifs is 1. The number of carbonyl (C=O) groups is 2. The Balaban J connectivity index is 1.98. The molecule has 2 atom stereocenters. The summed E-state index contributed by atoms with van der Waals surface area (Å²) in [5.41, 5.74) is 0.837. The van der Waals surface area contributed by atoms with Crippen molar-refractivity contribution >= 4 is 23.0 Å². The van der Waals surface area contributed by atoms with Crippen LogP contribution in [0.3, 0.4) is 0 Å². The van der Waals surface area contributed by atoms with Gasteiger partial charge < -0.3 is 24.5 Å². The summed E-state index contributed by atoms with van der Waals surface area (Å²) in [5, 5.41) is 5.11. The summed E-state index contributed by atoms with van der Waals surface area (Å²) < 4.78 is 30.4. The van der Waals surface area contributed by atoms with E-state index in [1.807, 2.05) is 18.0 Å². The molecule has 1 aliphatic rings. The van der Waals surface area contributed by atoms with Crippen LogP contribution in [0, 0.1) is 0 Å². The van der Waals surface area contributed by atoms with E-state index in [1.54, 1.807) is 23.7 Å². The van der Waals surface area contributed by atoms with Gasteiger partial charge in [-0.2, -0.15) is 0 Å². The molecule has 2 aromatic rings. The largest absolute Gasteiger partial charge is 0.462 e. The SMILES string of the molecule is CCOC(=O)c1cn(N2CCOCC2)c2ccc(C(CC)NC(=O)OCCC(C)F)cc2c1=O. The fraction of sp³-hybridized carbons (Fsp3) is 0.542. The van der Waals surface area contributed by atoms with Crippen LogP contribution in [0.1, 0.15) is 55.6 Å². The van der Waals surface area contributed by atoms with Crippen molar-refractivity contribution in [3.8, 4) is 0 Å². The van der Waals surface area contributed by atoms with Crippen LogP contribution in [0.2, 0.25) is 0 Å². The third-order valence-corrected chi connectivity index (χ3v) is 5.65. The molecule has 2 unspecified atom stereocenters. The lowest BCUT2D eigenvalue weighted by molar-refractivity contribution is 0.0523. The lowest BCUT2D eigenvalue weighted by Gasteiger charge is -2.32. The van der Waals surface area contributed by atoms with Crippen molar-refractivity contribution in [3.63, 3.8) is 0 Å². The topological polar surface area (TPSA) is 99.1 Å². The van der Waals surface area contributed by atoms with E-state index in [9.17, 15) is 18.8 Å². The highest BCUT2D eigenvalue weighted by atomic mass is 19.1. The second-order valence-corrected chi connectivity index (χ2v) is 8.09. The van der Waals surface area contributed by atoms with Crippen LogP contribution in [0.15, 0.2) is 29.2 Å². The molecule has 1 aliphatic heterocycles. The number of ether oxygens (including phenoxy) is 3. The molecule has 2 heterocycles. The Hall–Kier alpha value is -3.14. The zero-order valence-electron chi connectivity index (χ0n) is 19.8. The van der Waals surface area contributed by atoms with Crippen molar-refractivity contribution in [2.24, 2.45) is 0 Å². The van der Waals surface area contributed by atoms with E-state index in [4.69, 9.17) is 14.2 Å². The third-order valence-electron chi connectivity index (χ3n) is 5.65. The number of hydrogen-bond donors (Lipinski definition) is 1. The average molecular weight is 478 g/mol. The average Bonchev–Trinajstić information content (AvgIpc) is 2.83. The predicted molar refractivity (Wildman–Crippen MR) is 126 cm³/mol. The first-order valence-corrected chi connectivity index (χ1v) is 11.6. The first kappa shape index (κ1) is 25.5. The lowest BCUT2D eigenvalue weighted by atomic mass is 10.0. The summed E-state index contributed by atoms with van der Waals surface area (Å²) in [5.74, 6) is -0.683. The Morgan fingerprint density at radius 1 is 1.21 bits per heavy atom. The number of hydrogen-bond acceptors (Lipinski definition) is 7. The van der Waals surface area contributed by atoms with Gasteiger partial charge in [0.25, 0.3) is 0 Å². The fourth-order valence-electron chi connectivity index (χ4n) is 3.82. The molecule has 1 N–H and O–H groups in total. The van der Waals surface area contributed by atoms with Gasteiger partial charge in [0, 0.05) is 18.0 Å². The van der Waals surface area contributed by atoms with Crippen LogP contribution in [0.4, 0.5) is 9.18 Å². The highest BCUT2D eigenvalue weighted by Gasteiger charge is 2.22. The van der Waals surface area contributed by atoms with E-state index in [0.29, 0.717) is 49.2 Å². The molecular formula is C24H32FN3O6. The number of pyridine rings is 1. The van der Waals surface area contributed by atoms with Gasteiger partial charge in [0.15, 0.2) is 0 Å². The first-order chi connectivity index (χ1) is 16.3. The second kappa shape index (κ2) is 11.8. The molecule has 1 aromatic carbocycles. The Morgan fingerprint density at radius 2 is 1.94 bits per heavy atom. The van der Waals surface area contributed by atoms with Crippen molar-refractivity contribution in [2.45, 2.75) is 45.8 Å². The van der Waals surface area contributed by atoms with E-state index < -0.39 is 29.7 Å². The number of morpholine rings is 1. The molecule has 1 amide bonds. The van der Waals surface area contributed by atoms with Crippen LogP contribution >= 0.6 is 0 Å². The van der Waals surface area contributed by atoms with Crippen LogP contribution in [0.25, 0.3) is 10.9 Å². The smallest absolute Gasteiger partial charge is 0.407 e. The van der Waals surface area contributed by atoms with Crippen LogP contribution in [-0.4, -0.2) is 62.4 Å². The summed E-state index contributed by atoms with van der Waals surface area (Å²) in [7, 11) is 0. The molecular weight excluding hydrogens is 445 g/mol. The van der Waals surface area contributed by atoms with Gasteiger partial charge >= 0.3 is 12.1 Å². The number of nitrogens with one attached hydrogen (secondary N) is 1. The molecule has 0 radical (unpaired) electrons. The minimum Gasteiger partial charge on any atom is -0.462 e. The predicted octanol–water partition coefficient (Wildman–Crippen LogP) is 3.07. The molecule has 1 fully saturated rings. The molecule has 3 rings (SSSR count). The zero-order chi connectivity index (χ0) is 24.7. The summed E-state index contributed by atoms with van der Waals surface area (Å²) in [6, 6.07) is 4.90. The molecule has 9 nitrogen and oxygen atoms in total. The van der Waals surface area contributed by atoms with Gasteiger partial charge in [0.2, 0.25) is 5.43 Å². The number of carbonyl (C=O) groups excluding carboxylic acids is 2. The van der Waals surface area contributed by atoms with Crippen molar-refractivity contribution in [2.75, 3.05) is 44.5 Å². The highest BCUT2D eigenvalue weighted by molar-refractivity contribution is 5.94. The molecule has 0 spiro atoms. The molecule has 1 aromatic heterocycles. The van der Waals surface area contributed by atoms with Crippen molar-refractivity contribution in [1.82, 2.24) is 9.99 Å². The van der Waals surface area contributed by atoms with Crippen molar-refractivity contribution in [3.05, 3.63) is 45.7 Å². The monoisotopic (exact) mass is 477 g/mol. The maximum atomic E-state index is 13.3. The normalized spacial score (nSPS) is 15.6. The van der Waals surface area contributed by atoms with E-state index in [1.165, 1.54) is 13.1 Å². The summed E-state index contributed by atoms with van der Waals surface area (Å²) in [4.78, 5) is 38.0. The number of nitrogens with zero attached hydrogens (tertiary/aromatic N) is 2. The van der Waals surface area contributed by atoms with Gasteiger partial charge in [-0.1, -0.05) is 13.0 Å². The Labute approximate surface area is 197 Å². The highest BCUT2D eigenvalue weighted by Crippen LogP contribution is 2.22. The van der Waals surface area contributed by atoms with Gasteiger partial charge in [-0.3, -0.25) is 9.47 Å². The first-order valence-electron chi connectivity index (χ1n) is 11.6. The summed E-state index contributed by atoms with van der Waals surface area (Å²) >= 11 is 0. The van der Waals surface area contributed by atoms with Gasteiger partial charge in [0.05, 0.1) is 51.1 Å². The van der Waals surface area contributed by atoms with Crippen LogP contribution < -0.4 is 15.8 Å². The molecule has 186 valence electrons. The maximum Gasteiger partial charge on any atom is 0.407 e. The van der Waals surface area contributed by atoms with Gasteiger partial charge in [-0.05, 0) is 38.0 Å². The van der Waals surface area contributed by atoms with E-state index in [0.717, 1.165) is 0 Å². The lowest BCUT2D eigenvalue weighted by Crippen LogP contribution is -2.45. The molecule has 34 heavy (non-hydrogen) atoms. The molecule has 0 bridgehead atoms. The Kier molecular flexibility index (Phi) is 8.86.